The molecule has 0 amide bonds. The Morgan fingerprint density at radius 2 is 2.16 bits per heavy atom. The second kappa shape index (κ2) is 4.89. The van der Waals surface area contributed by atoms with E-state index in [0.29, 0.717) is 0 Å². The van der Waals surface area contributed by atoms with E-state index in [0.717, 1.165) is 12.1 Å². The van der Waals surface area contributed by atoms with Crippen molar-refractivity contribution in [1.29, 1.82) is 5.26 Å². The Bertz CT molecular complexity index is 599. The summed E-state index contributed by atoms with van der Waals surface area (Å²) in [7, 11) is 0. The van der Waals surface area contributed by atoms with E-state index in [1.165, 1.54) is 0 Å². The smallest absolute Gasteiger partial charge is 0.362 e. The lowest BCUT2D eigenvalue weighted by Crippen LogP contribution is -2.12. The standard InChI is InChI=1S/C9H6F3N7/c10-9(11,12)6-2-1-5(3-13)8(15-6)14-4-7-16-18-19-17-7/h1-2H,4H2,(H,14,15)(H,16,17,18,19). The van der Waals surface area contributed by atoms with Gasteiger partial charge >= 0.3 is 6.18 Å². The van der Waals surface area contributed by atoms with Gasteiger partial charge < -0.3 is 5.32 Å². The van der Waals surface area contributed by atoms with E-state index >= 15 is 0 Å². The highest BCUT2D eigenvalue weighted by Crippen LogP contribution is 2.29. The highest BCUT2D eigenvalue weighted by Gasteiger charge is 2.33. The lowest BCUT2D eigenvalue weighted by molar-refractivity contribution is -0.141. The summed E-state index contributed by atoms with van der Waals surface area (Å²) in [6.07, 6.45) is -4.57. The second-order valence-corrected chi connectivity index (χ2v) is 3.38. The molecule has 0 aliphatic rings. The van der Waals surface area contributed by atoms with Crippen LogP contribution in [-0.2, 0) is 12.7 Å². The fraction of sp³-hybridized carbons (Fsp3) is 0.222. The number of anilines is 1. The molecule has 0 bridgehead atoms. The van der Waals surface area contributed by atoms with Gasteiger partial charge in [-0.3, -0.25) is 0 Å². The van der Waals surface area contributed by atoms with Crippen molar-refractivity contribution < 1.29 is 13.2 Å². The average molecular weight is 269 g/mol. The molecule has 7 nitrogen and oxygen atoms in total. The maximum absolute atomic E-state index is 12.5. The number of pyridine rings is 1. The number of aromatic nitrogens is 5. The predicted octanol–water partition coefficient (Wildman–Crippen LogP) is 1.10. The molecule has 2 rings (SSSR count). The van der Waals surface area contributed by atoms with Crippen molar-refractivity contribution in [2.45, 2.75) is 12.7 Å². The zero-order valence-corrected chi connectivity index (χ0v) is 9.23. The number of alkyl halides is 3. The minimum Gasteiger partial charge on any atom is -0.362 e. The van der Waals surface area contributed by atoms with Crippen molar-refractivity contribution in [1.82, 2.24) is 25.6 Å². The van der Waals surface area contributed by atoms with Crippen LogP contribution in [0, 0.1) is 11.3 Å². The summed E-state index contributed by atoms with van der Waals surface area (Å²) in [5, 5.41) is 24.1. The highest BCUT2D eigenvalue weighted by molar-refractivity contribution is 5.52. The van der Waals surface area contributed by atoms with Gasteiger partial charge in [0.05, 0.1) is 12.1 Å². The number of nitrogens with one attached hydrogen (secondary N) is 2. The maximum Gasteiger partial charge on any atom is 0.433 e. The van der Waals surface area contributed by atoms with Crippen LogP contribution in [0.15, 0.2) is 12.1 Å². The normalized spacial score (nSPS) is 11.1. The number of nitriles is 1. The van der Waals surface area contributed by atoms with Gasteiger partial charge in [-0.2, -0.15) is 23.6 Å². The van der Waals surface area contributed by atoms with Gasteiger partial charge in [0.15, 0.2) is 5.82 Å². The number of nitrogens with zero attached hydrogens (tertiary/aromatic N) is 5. The molecular weight excluding hydrogens is 263 g/mol. The van der Waals surface area contributed by atoms with Crippen LogP contribution in [-0.4, -0.2) is 25.6 Å². The second-order valence-electron chi connectivity index (χ2n) is 3.38. The Labute approximate surface area is 104 Å². The molecule has 0 radical (unpaired) electrons. The lowest BCUT2D eigenvalue weighted by atomic mass is 10.2. The first-order valence-corrected chi connectivity index (χ1v) is 4.95. The first-order chi connectivity index (χ1) is 9.00. The highest BCUT2D eigenvalue weighted by atomic mass is 19.4. The van der Waals surface area contributed by atoms with Gasteiger partial charge in [-0.25, -0.2) is 4.98 Å². The third kappa shape index (κ3) is 2.95. The van der Waals surface area contributed by atoms with Crippen molar-refractivity contribution in [3.05, 3.63) is 29.2 Å². The zero-order valence-electron chi connectivity index (χ0n) is 9.23. The van der Waals surface area contributed by atoms with Crippen LogP contribution in [0.4, 0.5) is 19.0 Å². The average Bonchev–Trinajstić information content (AvgIpc) is 2.88. The van der Waals surface area contributed by atoms with Gasteiger partial charge in [0.25, 0.3) is 0 Å². The largest absolute Gasteiger partial charge is 0.433 e. The van der Waals surface area contributed by atoms with Crippen molar-refractivity contribution in [3.63, 3.8) is 0 Å². The minimum absolute atomic E-state index is 0.000505. The molecule has 0 unspecified atom stereocenters. The van der Waals surface area contributed by atoms with E-state index in [1.54, 1.807) is 6.07 Å². The molecule has 10 heteroatoms. The molecule has 2 N–H and O–H groups in total. The summed E-state index contributed by atoms with van der Waals surface area (Å²) < 4.78 is 37.5. The fourth-order valence-electron chi connectivity index (χ4n) is 1.26. The quantitative estimate of drug-likeness (QED) is 0.864. The predicted molar refractivity (Wildman–Crippen MR) is 55.5 cm³/mol. The van der Waals surface area contributed by atoms with E-state index in [9.17, 15) is 13.2 Å². The van der Waals surface area contributed by atoms with Crippen molar-refractivity contribution >= 4 is 5.82 Å². The summed E-state index contributed by atoms with van der Waals surface area (Å²) in [6.45, 7) is -0.000505. The van der Waals surface area contributed by atoms with E-state index in [1.807, 2.05) is 0 Å². The summed E-state index contributed by atoms with van der Waals surface area (Å²) in [6, 6.07) is 3.55. The molecule has 2 aromatic heterocycles. The number of aromatic amines is 1. The fourth-order valence-corrected chi connectivity index (χ4v) is 1.26. The van der Waals surface area contributed by atoms with Crippen LogP contribution in [0.3, 0.4) is 0 Å². The van der Waals surface area contributed by atoms with Crippen LogP contribution < -0.4 is 5.32 Å². The monoisotopic (exact) mass is 269 g/mol. The van der Waals surface area contributed by atoms with Gasteiger partial charge in [0, 0.05) is 0 Å². The van der Waals surface area contributed by atoms with Crippen LogP contribution in [0.25, 0.3) is 0 Å². The van der Waals surface area contributed by atoms with Crippen LogP contribution >= 0.6 is 0 Å². The molecule has 0 spiro atoms. The van der Waals surface area contributed by atoms with Gasteiger partial charge in [0.1, 0.15) is 17.6 Å². The number of H-pyrrole nitrogens is 1. The molecule has 0 atom stereocenters. The molecule has 0 saturated heterocycles. The Morgan fingerprint density at radius 1 is 1.37 bits per heavy atom. The Hall–Kier alpha value is -2.70. The van der Waals surface area contributed by atoms with Gasteiger partial charge in [-0.05, 0) is 12.1 Å². The molecule has 2 aromatic rings. The lowest BCUT2D eigenvalue weighted by Gasteiger charge is -2.09. The Kier molecular flexibility index (Phi) is 3.28. The number of tetrazole rings is 1. The summed E-state index contributed by atoms with van der Waals surface area (Å²) in [5.41, 5.74) is -1.08. The van der Waals surface area contributed by atoms with E-state index in [-0.39, 0.29) is 23.8 Å². The van der Waals surface area contributed by atoms with E-state index in [4.69, 9.17) is 5.26 Å². The van der Waals surface area contributed by atoms with Crippen LogP contribution in [0.2, 0.25) is 0 Å². The molecule has 0 aromatic carbocycles. The van der Waals surface area contributed by atoms with Gasteiger partial charge in [0.2, 0.25) is 0 Å². The Morgan fingerprint density at radius 3 is 2.74 bits per heavy atom. The maximum atomic E-state index is 12.5. The molecular formula is C9H6F3N7. The Balaban J connectivity index is 2.24. The molecule has 98 valence electrons. The number of halogens is 3. The van der Waals surface area contributed by atoms with E-state index in [2.05, 4.69) is 30.9 Å². The molecule has 19 heavy (non-hydrogen) atoms. The molecule has 0 saturated carbocycles. The molecule has 0 aliphatic heterocycles. The number of rotatable bonds is 3. The minimum atomic E-state index is -4.57. The van der Waals surface area contributed by atoms with E-state index < -0.39 is 11.9 Å². The number of hydrogen-bond donors (Lipinski definition) is 2. The summed E-state index contributed by atoms with van der Waals surface area (Å²) in [4.78, 5) is 3.37. The summed E-state index contributed by atoms with van der Waals surface area (Å²) in [5.74, 6) is 0.0604. The first kappa shape index (κ1) is 12.7. The van der Waals surface area contributed by atoms with Crippen molar-refractivity contribution in [2.75, 3.05) is 5.32 Å². The third-order valence-corrected chi connectivity index (χ3v) is 2.11. The third-order valence-electron chi connectivity index (χ3n) is 2.11. The van der Waals surface area contributed by atoms with Crippen LogP contribution in [0.1, 0.15) is 17.1 Å². The van der Waals surface area contributed by atoms with Gasteiger partial charge in [-0.1, -0.05) is 5.21 Å². The zero-order chi connectivity index (χ0) is 13.9. The van der Waals surface area contributed by atoms with Crippen molar-refractivity contribution in [3.8, 4) is 6.07 Å². The molecule has 2 heterocycles. The topological polar surface area (TPSA) is 103 Å². The summed E-state index contributed by atoms with van der Waals surface area (Å²) >= 11 is 0. The van der Waals surface area contributed by atoms with Crippen molar-refractivity contribution in [2.24, 2.45) is 0 Å². The first-order valence-electron chi connectivity index (χ1n) is 4.95. The van der Waals surface area contributed by atoms with Crippen LogP contribution in [0.5, 0.6) is 0 Å². The molecule has 0 fully saturated rings. The van der Waals surface area contributed by atoms with Gasteiger partial charge in [-0.15, -0.1) is 10.2 Å². The number of hydrogen-bond acceptors (Lipinski definition) is 6. The molecule has 0 aliphatic carbocycles. The SMILES string of the molecule is N#Cc1ccc(C(F)(F)F)nc1NCc1nn[nH]n1.